The van der Waals surface area contributed by atoms with Crippen LogP contribution in [-0.4, -0.2) is 18.3 Å². The number of rotatable bonds is 5. The maximum Gasteiger partial charge on any atom is 0.265 e. The van der Waals surface area contributed by atoms with Crippen LogP contribution in [0.4, 0.5) is 5.69 Å². The Morgan fingerprint density at radius 2 is 1.88 bits per heavy atom. The SMILES string of the molecule is CSc1ccccc1NC(=O)C(C)Oc1ccc2c(c1)CCCC2. The monoisotopic (exact) mass is 341 g/mol. The molecule has 1 aliphatic rings. The second-order valence-electron chi connectivity index (χ2n) is 6.09. The maximum absolute atomic E-state index is 12.4. The molecule has 0 bridgehead atoms. The number of aryl methyl sites for hydroxylation is 2. The summed E-state index contributed by atoms with van der Waals surface area (Å²) in [5.41, 5.74) is 3.61. The van der Waals surface area contributed by atoms with Crippen LogP contribution in [0.15, 0.2) is 47.4 Å². The lowest BCUT2D eigenvalue weighted by Crippen LogP contribution is -2.30. The van der Waals surface area contributed by atoms with Crippen molar-refractivity contribution >= 4 is 23.4 Å². The van der Waals surface area contributed by atoms with Crippen LogP contribution < -0.4 is 10.1 Å². The Bertz CT molecular complexity index is 729. The number of carbonyl (C=O) groups is 1. The van der Waals surface area contributed by atoms with Crippen molar-refractivity contribution in [3.8, 4) is 5.75 Å². The molecule has 3 nitrogen and oxygen atoms in total. The predicted octanol–water partition coefficient (Wildman–Crippen LogP) is 4.69. The maximum atomic E-state index is 12.4. The van der Waals surface area contributed by atoms with E-state index in [1.54, 1.807) is 18.7 Å². The third kappa shape index (κ3) is 3.93. The molecule has 3 rings (SSSR count). The fourth-order valence-corrected chi connectivity index (χ4v) is 3.58. The van der Waals surface area contributed by atoms with E-state index in [1.165, 1.54) is 24.0 Å². The molecule has 126 valence electrons. The Kier molecular flexibility index (Phi) is 5.46. The van der Waals surface area contributed by atoms with Crippen LogP contribution in [0.2, 0.25) is 0 Å². The van der Waals surface area contributed by atoms with E-state index in [0.29, 0.717) is 0 Å². The summed E-state index contributed by atoms with van der Waals surface area (Å²) in [5, 5.41) is 2.96. The third-order valence-electron chi connectivity index (χ3n) is 4.37. The number of ether oxygens (including phenoxy) is 1. The summed E-state index contributed by atoms with van der Waals surface area (Å²) < 4.78 is 5.87. The Labute approximate surface area is 147 Å². The first-order valence-corrected chi connectivity index (χ1v) is 9.62. The van der Waals surface area contributed by atoms with Crippen LogP contribution in [0.25, 0.3) is 0 Å². The van der Waals surface area contributed by atoms with Gasteiger partial charge in [0.05, 0.1) is 5.69 Å². The zero-order valence-corrected chi connectivity index (χ0v) is 15.0. The van der Waals surface area contributed by atoms with E-state index in [9.17, 15) is 4.79 Å². The molecule has 1 atom stereocenters. The number of para-hydroxylation sites is 1. The molecule has 1 N–H and O–H groups in total. The highest BCUT2D eigenvalue weighted by Gasteiger charge is 2.17. The van der Waals surface area contributed by atoms with Gasteiger partial charge in [-0.2, -0.15) is 0 Å². The number of hydrogen-bond acceptors (Lipinski definition) is 3. The molecule has 24 heavy (non-hydrogen) atoms. The summed E-state index contributed by atoms with van der Waals surface area (Å²) in [6, 6.07) is 14.0. The van der Waals surface area contributed by atoms with Crippen molar-refractivity contribution in [2.45, 2.75) is 43.6 Å². The Morgan fingerprint density at radius 1 is 1.12 bits per heavy atom. The van der Waals surface area contributed by atoms with Crippen LogP contribution in [0.5, 0.6) is 5.75 Å². The van der Waals surface area contributed by atoms with Crippen LogP contribution in [0.3, 0.4) is 0 Å². The number of anilines is 1. The number of nitrogens with one attached hydrogen (secondary N) is 1. The van der Waals surface area contributed by atoms with Crippen LogP contribution >= 0.6 is 11.8 Å². The Morgan fingerprint density at radius 3 is 2.67 bits per heavy atom. The predicted molar refractivity (Wildman–Crippen MR) is 100 cm³/mol. The molecule has 0 saturated carbocycles. The molecule has 0 aromatic heterocycles. The Hall–Kier alpha value is -1.94. The molecule has 0 aliphatic heterocycles. The van der Waals surface area contributed by atoms with Gasteiger partial charge in [-0.25, -0.2) is 0 Å². The summed E-state index contributed by atoms with van der Waals surface area (Å²) in [7, 11) is 0. The van der Waals surface area contributed by atoms with Gasteiger partial charge < -0.3 is 10.1 Å². The highest BCUT2D eigenvalue weighted by Crippen LogP contribution is 2.27. The van der Waals surface area contributed by atoms with E-state index in [2.05, 4.69) is 17.4 Å². The van der Waals surface area contributed by atoms with Gasteiger partial charge in [0.1, 0.15) is 5.75 Å². The number of fused-ring (bicyclic) bond motifs is 1. The van der Waals surface area contributed by atoms with Crippen molar-refractivity contribution < 1.29 is 9.53 Å². The van der Waals surface area contributed by atoms with Gasteiger partial charge in [-0.15, -0.1) is 11.8 Å². The largest absolute Gasteiger partial charge is 0.481 e. The van der Waals surface area contributed by atoms with Gasteiger partial charge in [-0.05, 0) is 74.3 Å². The average molecular weight is 341 g/mol. The van der Waals surface area contributed by atoms with Gasteiger partial charge in [0.25, 0.3) is 5.91 Å². The van der Waals surface area contributed by atoms with Gasteiger partial charge in [0.2, 0.25) is 0 Å². The van der Waals surface area contributed by atoms with Crippen molar-refractivity contribution in [1.82, 2.24) is 0 Å². The zero-order chi connectivity index (χ0) is 16.9. The Balaban J connectivity index is 1.66. The second kappa shape index (κ2) is 7.75. The van der Waals surface area contributed by atoms with E-state index >= 15 is 0 Å². The molecule has 0 saturated heterocycles. The standard InChI is InChI=1S/C20H23NO2S/c1-14(20(22)21-18-9-5-6-10-19(18)24-2)23-17-12-11-15-7-3-4-8-16(15)13-17/h5-6,9-14H,3-4,7-8H2,1-2H3,(H,21,22). The third-order valence-corrected chi connectivity index (χ3v) is 5.16. The van der Waals surface area contributed by atoms with Crippen molar-refractivity contribution in [1.29, 1.82) is 0 Å². The van der Waals surface area contributed by atoms with Crippen molar-refractivity contribution in [2.75, 3.05) is 11.6 Å². The number of hydrogen-bond donors (Lipinski definition) is 1. The topological polar surface area (TPSA) is 38.3 Å². The highest BCUT2D eigenvalue weighted by atomic mass is 32.2. The molecule has 0 fully saturated rings. The number of amides is 1. The quantitative estimate of drug-likeness (QED) is 0.802. The number of thioether (sulfide) groups is 1. The van der Waals surface area contributed by atoms with Crippen LogP contribution in [-0.2, 0) is 17.6 Å². The minimum absolute atomic E-state index is 0.130. The minimum Gasteiger partial charge on any atom is -0.481 e. The molecule has 1 unspecified atom stereocenters. The summed E-state index contributed by atoms with van der Waals surface area (Å²) in [6.07, 6.45) is 6.21. The molecule has 2 aromatic rings. The van der Waals surface area contributed by atoms with Crippen molar-refractivity contribution in [3.63, 3.8) is 0 Å². The van der Waals surface area contributed by atoms with Gasteiger partial charge in [0.15, 0.2) is 6.10 Å². The fraction of sp³-hybridized carbons (Fsp3) is 0.350. The van der Waals surface area contributed by atoms with Gasteiger partial charge in [-0.1, -0.05) is 18.2 Å². The summed E-state index contributed by atoms with van der Waals surface area (Å²) in [6.45, 7) is 1.79. The van der Waals surface area contributed by atoms with Gasteiger partial charge in [0, 0.05) is 4.90 Å². The summed E-state index contributed by atoms with van der Waals surface area (Å²) in [4.78, 5) is 13.5. The van der Waals surface area contributed by atoms with E-state index in [1.807, 2.05) is 36.6 Å². The summed E-state index contributed by atoms with van der Waals surface area (Å²) in [5.74, 6) is 0.644. The molecule has 2 aromatic carbocycles. The van der Waals surface area contributed by atoms with E-state index in [4.69, 9.17) is 4.74 Å². The van der Waals surface area contributed by atoms with E-state index in [-0.39, 0.29) is 5.91 Å². The second-order valence-corrected chi connectivity index (χ2v) is 6.94. The van der Waals surface area contributed by atoms with E-state index < -0.39 is 6.10 Å². The molecule has 1 amide bonds. The molecule has 1 aliphatic carbocycles. The van der Waals surface area contributed by atoms with Gasteiger partial charge >= 0.3 is 0 Å². The highest BCUT2D eigenvalue weighted by molar-refractivity contribution is 7.98. The average Bonchev–Trinajstić information content (AvgIpc) is 2.62. The first-order valence-electron chi connectivity index (χ1n) is 8.39. The number of carbonyl (C=O) groups excluding carboxylic acids is 1. The van der Waals surface area contributed by atoms with Crippen LogP contribution in [0.1, 0.15) is 30.9 Å². The molecule has 0 radical (unpaired) electrons. The normalized spacial score (nSPS) is 14.6. The van der Waals surface area contributed by atoms with Crippen LogP contribution in [0, 0.1) is 0 Å². The molecular weight excluding hydrogens is 318 g/mol. The lowest BCUT2D eigenvalue weighted by Gasteiger charge is -2.19. The molecule has 4 heteroatoms. The number of benzene rings is 2. The molecule has 0 spiro atoms. The minimum atomic E-state index is -0.540. The summed E-state index contributed by atoms with van der Waals surface area (Å²) >= 11 is 1.61. The first-order chi connectivity index (χ1) is 11.7. The molecular formula is C20H23NO2S. The lowest BCUT2D eigenvalue weighted by molar-refractivity contribution is -0.122. The van der Waals surface area contributed by atoms with Crippen molar-refractivity contribution in [3.05, 3.63) is 53.6 Å². The fourth-order valence-electron chi connectivity index (χ4n) is 3.02. The first kappa shape index (κ1) is 16.9. The lowest BCUT2D eigenvalue weighted by atomic mass is 9.92. The zero-order valence-electron chi connectivity index (χ0n) is 14.2. The van der Waals surface area contributed by atoms with Crippen molar-refractivity contribution in [2.24, 2.45) is 0 Å². The molecule has 0 heterocycles. The van der Waals surface area contributed by atoms with E-state index in [0.717, 1.165) is 29.2 Å². The smallest absolute Gasteiger partial charge is 0.265 e. The van der Waals surface area contributed by atoms with Gasteiger partial charge in [-0.3, -0.25) is 4.79 Å².